The molecule has 3 aromatic rings. The van der Waals surface area contributed by atoms with Crippen molar-refractivity contribution < 1.29 is 4.79 Å². The van der Waals surface area contributed by atoms with Crippen molar-refractivity contribution in [3.63, 3.8) is 0 Å². The molecule has 0 unspecified atom stereocenters. The van der Waals surface area contributed by atoms with E-state index in [9.17, 15) is 14.4 Å². The van der Waals surface area contributed by atoms with Crippen LogP contribution < -0.4 is 16.1 Å². The minimum atomic E-state index is -0.465. The first-order chi connectivity index (χ1) is 13.5. The van der Waals surface area contributed by atoms with Gasteiger partial charge in [-0.15, -0.1) is 11.3 Å². The van der Waals surface area contributed by atoms with Crippen molar-refractivity contribution in [2.75, 3.05) is 31.1 Å². The maximum absolute atomic E-state index is 12.6. The third-order valence-electron chi connectivity index (χ3n) is 5.14. The molecule has 1 aromatic carbocycles. The molecule has 3 heterocycles. The van der Waals surface area contributed by atoms with Gasteiger partial charge in [-0.2, -0.15) is 0 Å². The van der Waals surface area contributed by atoms with Crippen LogP contribution in [0.3, 0.4) is 0 Å². The Morgan fingerprint density at radius 3 is 2.68 bits per heavy atom. The second kappa shape index (κ2) is 7.63. The number of anilines is 1. The summed E-state index contributed by atoms with van der Waals surface area (Å²) in [7, 11) is 0. The zero-order valence-electron chi connectivity index (χ0n) is 15.7. The number of aromatic amines is 1. The van der Waals surface area contributed by atoms with Gasteiger partial charge in [-0.05, 0) is 36.1 Å². The number of amides is 1. The summed E-state index contributed by atoms with van der Waals surface area (Å²) in [6.07, 6.45) is 0.143. The van der Waals surface area contributed by atoms with Crippen LogP contribution in [0, 0.1) is 6.92 Å². The van der Waals surface area contributed by atoms with Gasteiger partial charge >= 0.3 is 5.69 Å². The van der Waals surface area contributed by atoms with Crippen molar-refractivity contribution in [3.05, 3.63) is 62.1 Å². The summed E-state index contributed by atoms with van der Waals surface area (Å²) >= 11 is 1.29. The van der Waals surface area contributed by atoms with Crippen LogP contribution in [-0.2, 0) is 11.3 Å². The number of rotatable bonds is 4. The summed E-state index contributed by atoms with van der Waals surface area (Å²) in [4.78, 5) is 44.0. The summed E-state index contributed by atoms with van der Waals surface area (Å²) in [5.74, 6) is -0.0264. The van der Waals surface area contributed by atoms with Crippen LogP contribution in [0.4, 0.5) is 5.69 Å². The van der Waals surface area contributed by atoms with E-state index in [1.807, 2.05) is 11.0 Å². The highest BCUT2D eigenvalue weighted by Crippen LogP contribution is 2.18. The van der Waals surface area contributed by atoms with E-state index in [1.165, 1.54) is 22.6 Å². The Bertz CT molecular complexity index is 1120. The normalized spacial score (nSPS) is 14.6. The number of carbonyl (C=O) groups is 1. The van der Waals surface area contributed by atoms with E-state index in [1.54, 1.807) is 11.4 Å². The van der Waals surface area contributed by atoms with Crippen molar-refractivity contribution in [1.29, 1.82) is 0 Å². The van der Waals surface area contributed by atoms with E-state index in [-0.39, 0.29) is 24.4 Å². The van der Waals surface area contributed by atoms with Crippen LogP contribution in [0.25, 0.3) is 10.2 Å². The molecule has 7 nitrogen and oxygen atoms in total. The molecule has 1 saturated heterocycles. The molecule has 0 spiro atoms. The highest BCUT2D eigenvalue weighted by atomic mass is 32.1. The molecule has 2 aromatic heterocycles. The summed E-state index contributed by atoms with van der Waals surface area (Å²) < 4.78 is 1.64. The molecule has 8 heteroatoms. The van der Waals surface area contributed by atoms with Crippen molar-refractivity contribution in [2.24, 2.45) is 0 Å². The standard InChI is InChI=1S/C20H22N4O3S/c1-14-3-2-4-15(13-14)22-8-10-23(11-9-22)17(25)5-7-24-19(26)18-16(6-12-28-18)21-20(24)27/h2-4,6,12-13H,5,7-11H2,1H3,(H,21,27). The van der Waals surface area contributed by atoms with E-state index >= 15 is 0 Å². The Kier molecular flexibility index (Phi) is 5.04. The fourth-order valence-electron chi connectivity index (χ4n) is 3.58. The van der Waals surface area contributed by atoms with Gasteiger partial charge in [0.05, 0.1) is 5.52 Å². The number of aryl methyl sites for hydroxylation is 1. The molecule has 4 rings (SSSR count). The molecular weight excluding hydrogens is 376 g/mol. The van der Waals surface area contributed by atoms with Crippen LogP contribution in [0.1, 0.15) is 12.0 Å². The predicted octanol–water partition coefficient (Wildman–Crippen LogP) is 1.80. The molecule has 1 fully saturated rings. The lowest BCUT2D eigenvalue weighted by molar-refractivity contribution is -0.131. The maximum atomic E-state index is 12.6. The van der Waals surface area contributed by atoms with Crippen molar-refractivity contribution in [2.45, 2.75) is 19.9 Å². The Morgan fingerprint density at radius 2 is 1.93 bits per heavy atom. The molecule has 0 atom stereocenters. The van der Waals surface area contributed by atoms with Crippen molar-refractivity contribution in [1.82, 2.24) is 14.5 Å². The van der Waals surface area contributed by atoms with E-state index in [0.29, 0.717) is 23.3 Å². The SMILES string of the molecule is Cc1cccc(N2CCN(C(=O)CCn3c(=O)[nH]c4ccsc4c3=O)CC2)c1. The lowest BCUT2D eigenvalue weighted by Gasteiger charge is -2.36. The van der Waals surface area contributed by atoms with Gasteiger partial charge < -0.3 is 14.8 Å². The van der Waals surface area contributed by atoms with Crippen molar-refractivity contribution in [3.8, 4) is 0 Å². The van der Waals surface area contributed by atoms with Crippen LogP contribution in [0.2, 0.25) is 0 Å². The molecule has 0 aliphatic carbocycles. The van der Waals surface area contributed by atoms with Gasteiger partial charge in [0.25, 0.3) is 5.56 Å². The number of carbonyl (C=O) groups excluding carboxylic acids is 1. The van der Waals surface area contributed by atoms with Gasteiger partial charge in [0.1, 0.15) is 4.70 Å². The second-order valence-corrected chi connectivity index (χ2v) is 7.92. The number of fused-ring (bicyclic) bond motifs is 1. The molecule has 28 heavy (non-hydrogen) atoms. The average Bonchev–Trinajstić information content (AvgIpc) is 3.16. The van der Waals surface area contributed by atoms with Gasteiger partial charge in [0.15, 0.2) is 0 Å². The van der Waals surface area contributed by atoms with Gasteiger partial charge in [-0.25, -0.2) is 4.79 Å². The van der Waals surface area contributed by atoms with E-state index in [2.05, 4.69) is 35.0 Å². The zero-order valence-corrected chi connectivity index (χ0v) is 16.5. The lowest BCUT2D eigenvalue weighted by Crippen LogP contribution is -2.49. The number of benzene rings is 1. The Morgan fingerprint density at radius 1 is 1.14 bits per heavy atom. The summed E-state index contributed by atoms with van der Waals surface area (Å²) in [5.41, 5.74) is 2.15. The van der Waals surface area contributed by atoms with Gasteiger partial charge in [0.2, 0.25) is 5.91 Å². The van der Waals surface area contributed by atoms with Crippen LogP contribution >= 0.6 is 11.3 Å². The summed E-state index contributed by atoms with van der Waals surface area (Å²) in [6, 6.07) is 10.1. The van der Waals surface area contributed by atoms with E-state index in [4.69, 9.17) is 0 Å². The smallest absolute Gasteiger partial charge is 0.328 e. The topological polar surface area (TPSA) is 78.4 Å². The largest absolute Gasteiger partial charge is 0.368 e. The van der Waals surface area contributed by atoms with Gasteiger partial charge in [-0.3, -0.25) is 14.2 Å². The number of hydrogen-bond acceptors (Lipinski definition) is 5. The number of hydrogen-bond donors (Lipinski definition) is 1. The first-order valence-corrected chi connectivity index (χ1v) is 10.2. The monoisotopic (exact) mass is 398 g/mol. The van der Waals surface area contributed by atoms with E-state index in [0.717, 1.165) is 17.7 Å². The average molecular weight is 398 g/mol. The Hall–Kier alpha value is -2.87. The minimum Gasteiger partial charge on any atom is -0.368 e. The molecule has 1 N–H and O–H groups in total. The minimum absolute atomic E-state index is 0.0264. The molecule has 0 saturated carbocycles. The highest BCUT2D eigenvalue weighted by molar-refractivity contribution is 7.17. The quantitative estimate of drug-likeness (QED) is 0.727. The van der Waals surface area contributed by atoms with E-state index < -0.39 is 5.69 Å². The third kappa shape index (κ3) is 3.60. The number of aromatic nitrogens is 2. The van der Waals surface area contributed by atoms with Crippen LogP contribution in [0.5, 0.6) is 0 Å². The molecule has 146 valence electrons. The molecule has 0 radical (unpaired) electrons. The molecule has 1 aliphatic rings. The number of nitrogens with one attached hydrogen (secondary N) is 1. The fourth-order valence-corrected chi connectivity index (χ4v) is 4.38. The first-order valence-electron chi connectivity index (χ1n) is 9.32. The molecular formula is C20H22N4O3S. The third-order valence-corrected chi connectivity index (χ3v) is 6.04. The first kappa shape index (κ1) is 18.5. The van der Waals surface area contributed by atoms with Crippen molar-refractivity contribution >= 4 is 33.1 Å². The lowest BCUT2D eigenvalue weighted by atomic mass is 10.2. The maximum Gasteiger partial charge on any atom is 0.328 e. The molecule has 1 amide bonds. The number of thiophene rings is 1. The number of nitrogens with zero attached hydrogens (tertiary/aromatic N) is 3. The van der Waals surface area contributed by atoms with Crippen LogP contribution in [0.15, 0.2) is 45.3 Å². The van der Waals surface area contributed by atoms with Gasteiger partial charge in [0, 0.05) is 44.8 Å². The van der Waals surface area contributed by atoms with Crippen LogP contribution in [-0.4, -0.2) is 46.5 Å². The zero-order chi connectivity index (χ0) is 19.7. The summed E-state index contributed by atoms with van der Waals surface area (Å²) in [6.45, 7) is 5.00. The van der Waals surface area contributed by atoms with Gasteiger partial charge in [-0.1, -0.05) is 12.1 Å². The highest BCUT2D eigenvalue weighted by Gasteiger charge is 2.21. The summed E-state index contributed by atoms with van der Waals surface area (Å²) in [5, 5.41) is 1.77. The second-order valence-electron chi connectivity index (χ2n) is 7.01. The number of H-pyrrole nitrogens is 1. The Balaban J connectivity index is 1.38. The molecule has 1 aliphatic heterocycles. The predicted molar refractivity (Wildman–Crippen MR) is 111 cm³/mol. The Labute approximate surface area is 165 Å². The fraction of sp³-hybridized carbons (Fsp3) is 0.350. The number of piperazine rings is 1. The molecule has 0 bridgehead atoms.